The first-order chi connectivity index (χ1) is 13.3. The standard InChI is InChI=1S/C22H28N2O3S/c1-16(2)18-8-10-19(11-9-18)22(25)23-21-15-20(12-7-17(21)3)28(26,27)24-13-5-4-6-14-24/h7-12,15-16H,4-6,13-14H2,1-3H3,(H,23,25). The highest BCUT2D eigenvalue weighted by atomic mass is 32.2. The van der Waals surface area contributed by atoms with Gasteiger partial charge in [0.2, 0.25) is 10.0 Å². The van der Waals surface area contributed by atoms with Gasteiger partial charge in [-0.15, -0.1) is 0 Å². The van der Waals surface area contributed by atoms with Gasteiger partial charge in [-0.2, -0.15) is 4.31 Å². The van der Waals surface area contributed by atoms with E-state index in [-0.39, 0.29) is 10.8 Å². The van der Waals surface area contributed by atoms with Gasteiger partial charge in [0, 0.05) is 24.3 Å². The number of benzene rings is 2. The highest BCUT2D eigenvalue weighted by Gasteiger charge is 2.26. The van der Waals surface area contributed by atoms with Crippen LogP contribution in [-0.4, -0.2) is 31.7 Å². The molecule has 0 atom stereocenters. The Hall–Kier alpha value is -2.18. The molecule has 1 fully saturated rings. The molecule has 0 spiro atoms. The lowest BCUT2D eigenvalue weighted by atomic mass is 10.0. The number of rotatable bonds is 5. The van der Waals surface area contributed by atoms with Gasteiger partial charge in [0.15, 0.2) is 0 Å². The fourth-order valence-electron chi connectivity index (χ4n) is 3.36. The zero-order valence-electron chi connectivity index (χ0n) is 16.7. The average Bonchev–Trinajstić information content (AvgIpc) is 2.70. The van der Waals surface area contributed by atoms with Crippen LogP contribution in [0, 0.1) is 6.92 Å². The van der Waals surface area contributed by atoms with Gasteiger partial charge in [-0.3, -0.25) is 4.79 Å². The molecule has 0 bridgehead atoms. The van der Waals surface area contributed by atoms with Crippen LogP contribution in [0.2, 0.25) is 0 Å². The molecule has 1 heterocycles. The molecule has 2 aromatic carbocycles. The number of piperidine rings is 1. The van der Waals surface area contributed by atoms with Crippen LogP contribution in [0.15, 0.2) is 47.4 Å². The lowest BCUT2D eigenvalue weighted by Crippen LogP contribution is -2.35. The van der Waals surface area contributed by atoms with Crippen molar-refractivity contribution in [2.75, 3.05) is 18.4 Å². The van der Waals surface area contributed by atoms with E-state index < -0.39 is 10.0 Å². The molecule has 1 aliphatic heterocycles. The van der Waals surface area contributed by atoms with Crippen molar-refractivity contribution in [1.29, 1.82) is 0 Å². The third-order valence-electron chi connectivity index (χ3n) is 5.25. The molecule has 2 aromatic rings. The maximum atomic E-state index is 12.9. The molecule has 0 radical (unpaired) electrons. The lowest BCUT2D eigenvalue weighted by molar-refractivity contribution is 0.102. The van der Waals surface area contributed by atoms with E-state index in [1.807, 2.05) is 19.1 Å². The monoisotopic (exact) mass is 400 g/mol. The Morgan fingerprint density at radius 2 is 1.64 bits per heavy atom. The molecule has 3 rings (SSSR count). The van der Waals surface area contributed by atoms with Crippen LogP contribution < -0.4 is 5.32 Å². The first-order valence-corrected chi connectivity index (χ1v) is 11.2. The van der Waals surface area contributed by atoms with Crippen molar-refractivity contribution in [2.24, 2.45) is 0 Å². The number of sulfonamides is 1. The molecule has 1 amide bonds. The molecule has 0 unspecified atom stereocenters. The van der Waals surface area contributed by atoms with Crippen molar-refractivity contribution < 1.29 is 13.2 Å². The number of aryl methyl sites for hydroxylation is 1. The largest absolute Gasteiger partial charge is 0.322 e. The van der Waals surface area contributed by atoms with Gasteiger partial charge in [-0.25, -0.2) is 8.42 Å². The normalized spacial score (nSPS) is 15.6. The molecule has 0 aliphatic carbocycles. The molecule has 5 nitrogen and oxygen atoms in total. The maximum absolute atomic E-state index is 12.9. The summed E-state index contributed by atoms with van der Waals surface area (Å²) in [5, 5.41) is 2.87. The van der Waals surface area contributed by atoms with Crippen molar-refractivity contribution in [3.63, 3.8) is 0 Å². The first kappa shape index (κ1) is 20.6. The van der Waals surface area contributed by atoms with Crippen molar-refractivity contribution in [1.82, 2.24) is 4.31 Å². The number of hydrogen-bond acceptors (Lipinski definition) is 3. The summed E-state index contributed by atoms with van der Waals surface area (Å²) < 4.78 is 27.4. The van der Waals surface area contributed by atoms with Gasteiger partial charge in [-0.1, -0.05) is 38.5 Å². The van der Waals surface area contributed by atoms with Crippen molar-refractivity contribution in [3.05, 3.63) is 59.2 Å². The number of carbonyl (C=O) groups is 1. The minimum absolute atomic E-state index is 0.227. The number of nitrogens with zero attached hydrogens (tertiary/aromatic N) is 1. The summed E-state index contributed by atoms with van der Waals surface area (Å²) in [5.41, 5.74) is 3.07. The first-order valence-electron chi connectivity index (χ1n) is 9.81. The number of amides is 1. The molecule has 0 saturated carbocycles. The summed E-state index contributed by atoms with van der Waals surface area (Å²) in [6.45, 7) is 7.18. The molecule has 1 aliphatic rings. The van der Waals surface area contributed by atoms with Gasteiger partial charge in [-0.05, 0) is 61.1 Å². The topological polar surface area (TPSA) is 66.5 Å². The van der Waals surface area contributed by atoms with Crippen molar-refractivity contribution >= 4 is 21.6 Å². The smallest absolute Gasteiger partial charge is 0.255 e. The summed E-state index contributed by atoms with van der Waals surface area (Å²) in [6, 6.07) is 12.4. The molecule has 150 valence electrons. The Kier molecular flexibility index (Phi) is 6.20. The summed E-state index contributed by atoms with van der Waals surface area (Å²) in [7, 11) is -3.53. The average molecular weight is 401 g/mol. The second kappa shape index (κ2) is 8.45. The van der Waals surface area contributed by atoms with Gasteiger partial charge in [0.05, 0.1) is 4.90 Å². The quantitative estimate of drug-likeness (QED) is 0.801. The van der Waals surface area contributed by atoms with Crippen LogP contribution in [0.3, 0.4) is 0 Å². The van der Waals surface area contributed by atoms with Crippen LogP contribution >= 0.6 is 0 Å². The van der Waals surface area contributed by atoms with E-state index in [9.17, 15) is 13.2 Å². The van der Waals surface area contributed by atoms with E-state index in [1.54, 1.807) is 30.3 Å². The van der Waals surface area contributed by atoms with Gasteiger partial charge >= 0.3 is 0 Å². The van der Waals surface area contributed by atoms with Crippen LogP contribution in [0.5, 0.6) is 0 Å². The molecule has 1 saturated heterocycles. The third kappa shape index (κ3) is 4.45. The Bertz CT molecular complexity index is 944. The van der Waals surface area contributed by atoms with Crippen molar-refractivity contribution in [3.8, 4) is 0 Å². The zero-order chi connectivity index (χ0) is 20.3. The number of carbonyl (C=O) groups excluding carboxylic acids is 1. The van der Waals surface area contributed by atoms with Gasteiger partial charge in [0.25, 0.3) is 5.91 Å². The van der Waals surface area contributed by atoms with E-state index in [0.717, 1.165) is 24.8 Å². The number of hydrogen-bond donors (Lipinski definition) is 1. The fraction of sp³-hybridized carbons (Fsp3) is 0.409. The summed E-state index contributed by atoms with van der Waals surface area (Å²) in [6.07, 6.45) is 2.85. The summed E-state index contributed by atoms with van der Waals surface area (Å²) in [4.78, 5) is 12.9. The second-order valence-electron chi connectivity index (χ2n) is 7.67. The van der Waals surface area contributed by atoms with Crippen LogP contribution in [0.1, 0.15) is 60.5 Å². The second-order valence-corrected chi connectivity index (χ2v) is 9.61. The molecular formula is C22H28N2O3S. The van der Waals surface area contributed by atoms with Crippen LogP contribution in [0.25, 0.3) is 0 Å². The Balaban J connectivity index is 1.82. The molecule has 1 N–H and O–H groups in total. The van der Waals surface area contributed by atoms with Crippen LogP contribution in [-0.2, 0) is 10.0 Å². The minimum Gasteiger partial charge on any atom is -0.322 e. The minimum atomic E-state index is -3.53. The van der Waals surface area contributed by atoms with E-state index in [1.165, 1.54) is 9.87 Å². The van der Waals surface area contributed by atoms with Gasteiger partial charge in [0.1, 0.15) is 0 Å². The van der Waals surface area contributed by atoms with E-state index in [2.05, 4.69) is 19.2 Å². The molecular weight excluding hydrogens is 372 g/mol. The Morgan fingerprint density at radius 3 is 2.25 bits per heavy atom. The van der Waals surface area contributed by atoms with Crippen LogP contribution in [0.4, 0.5) is 5.69 Å². The third-order valence-corrected chi connectivity index (χ3v) is 7.14. The predicted octanol–water partition coefficient (Wildman–Crippen LogP) is 4.55. The fourth-order valence-corrected chi connectivity index (χ4v) is 4.91. The van der Waals surface area contributed by atoms with E-state index in [0.29, 0.717) is 30.3 Å². The highest BCUT2D eigenvalue weighted by Crippen LogP contribution is 2.25. The Morgan fingerprint density at radius 1 is 1.00 bits per heavy atom. The van der Waals surface area contributed by atoms with Gasteiger partial charge < -0.3 is 5.32 Å². The van der Waals surface area contributed by atoms with E-state index in [4.69, 9.17) is 0 Å². The summed E-state index contributed by atoms with van der Waals surface area (Å²) >= 11 is 0. The molecule has 28 heavy (non-hydrogen) atoms. The zero-order valence-corrected chi connectivity index (χ0v) is 17.6. The molecule has 0 aromatic heterocycles. The number of anilines is 1. The summed E-state index contributed by atoms with van der Waals surface area (Å²) in [5.74, 6) is 0.155. The van der Waals surface area contributed by atoms with E-state index >= 15 is 0 Å². The van der Waals surface area contributed by atoms with Crippen molar-refractivity contribution in [2.45, 2.75) is 50.8 Å². The maximum Gasteiger partial charge on any atom is 0.255 e. The SMILES string of the molecule is Cc1ccc(S(=O)(=O)N2CCCCC2)cc1NC(=O)c1ccc(C(C)C)cc1. The highest BCUT2D eigenvalue weighted by molar-refractivity contribution is 7.89. The Labute approximate surface area is 167 Å². The molecule has 6 heteroatoms. The number of nitrogens with one attached hydrogen (secondary N) is 1. The lowest BCUT2D eigenvalue weighted by Gasteiger charge is -2.26. The predicted molar refractivity (Wildman–Crippen MR) is 112 cm³/mol.